The molecule has 7 heteroatoms. The third-order valence-corrected chi connectivity index (χ3v) is 2.59. The average molecular weight is 276 g/mol. The van der Waals surface area contributed by atoms with Crippen molar-refractivity contribution in [3.63, 3.8) is 0 Å². The Bertz CT molecular complexity index is 565. The smallest absolute Gasteiger partial charge is 0.226 e. The predicted octanol–water partition coefficient (Wildman–Crippen LogP) is 1.74. The maximum absolute atomic E-state index is 11.7. The number of amides is 1. The van der Waals surface area contributed by atoms with E-state index in [0.717, 1.165) is 0 Å². The number of hydrogen-bond acceptors (Lipinski definition) is 6. The van der Waals surface area contributed by atoms with Crippen molar-refractivity contribution in [2.75, 3.05) is 12.4 Å². The van der Waals surface area contributed by atoms with Crippen LogP contribution in [0.5, 0.6) is 5.88 Å². The Morgan fingerprint density at radius 3 is 2.90 bits per heavy atom. The van der Waals surface area contributed by atoms with E-state index in [1.54, 1.807) is 32.4 Å². The topological polar surface area (TPSA) is 90.1 Å². The fourth-order valence-corrected chi connectivity index (χ4v) is 1.64. The van der Waals surface area contributed by atoms with Crippen molar-refractivity contribution in [1.29, 1.82) is 0 Å². The molecule has 0 fully saturated rings. The number of nitrogens with zero attached hydrogens (tertiary/aromatic N) is 3. The van der Waals surface area contributed by atoms with Gasteiger partial charge in [0.1, 0.15) is 0 Å². The van der Waals surface area contributed by atoms with Crippen LogP contribution in [0.1, 0.15) is 24.6 Å². The molecular weight excluding hydrogens is 260 g/mol. The molecular formula is C13H16N4O3. The number of nitrogens with one attached hydrogen (secondary N) is 1. The number of anilines is 1. The standard InChI is InChI=1S/C13H16N4O3/c1-9-15-13(20-17-9)5-3-4-11(18)16-10-6-7-12(19-2)14-8-10/h6-8H,3-5H2,1-2H3,(H,16,18). The SMILES string of the molecule is COc1ccc(NC(=O)CCCc2nc(C)no2)cn1. The lowest BCUT2D eigenvalue weighted by Crippen LogP contribution is -2.11. The number of ether oxygens (including phenoxy) is 1. The number of rotatable bonds is 6. The van der Waals surface area contributed by atoms with Crippen molar-refractivity contribution in [2.24, 2.45) is 0 Å². The fraction of sp³-hybridized carbons (Fsp3) is 0.385. The highest BCUT2D eigenvalue weighted by Crippen LogP contribution is 2.11. The van der Waals surface area contributed by atoms with E-state index in [0.29, 0.717) is 42.5 Å². The van der Waals surface area contributed by atoms with Crippen molar-refractivity contribution < 1.29 is 14.1 Å². The lowest BCUT2D eigenvalue weighted by molar-refractivity contribution is -0.116. The molecule has 106 valence electrons. The molecule has 0 unspecified atom stereocenters. The van der Waals surface area contributed by atoms with E-state index < -0.39 is 0 Å². The summed E-state index contributed by atoms with van der Waals surface area (Å²) in [6.07, 6.45) is 3.18. The van der Waals surface area contributed by atoms with Gasteiger partial charge in [-0.15, -0.1) is 0 Å². The van der Waals surface area contributed by atoms with Gasteiger partial charge in [-0.25, -0.2) is 4.98 Å². The largest absolute Gasteiger partial charge is 0.481 e. The summed E-state index contributed by atoms with van der Waals surface area (Å²) in [6.45, 7) is 1.76. The Balaban J connectivity index is 1.74. The van der Waals surface area contributed by atoms with Gasteiger partial charge in [-0.3, -0.25) is 4.79 Å². The zero-order valence-electron chi connectivity index (χ0n) is 11.4. The van der Waals surface area contributed by atoms with E-state index in [1.165, 1.54) is 0 Å². The zero-order valence-corrected chi connectivity index (χ0v) is 11.4. The number of aryl methyl sites for hydroxylation is 2. The minimum atomic E-state index is -0.0757. The lowest BCUT2D eigenvalue weighted by Gasteiger charge is -2.04. The summed E-state index contributed by atoms with van der Waals surface area (Å²) in [5.74, 6) is 1.60. The molecule has 1 amide bonds. The summed E-state index contributed by atoms with van der Waals surface area (Å²) < 4.78 is 9.92. The first-order chi connectivity index (χ1) is 9.67. The quantitative estimate of drug-likeness (QED) is 0.864. The molecule has 2 aromatic rings. The number of aromatic nitrogens is 3. The molecule has 0 atom stereocenters. The van der Waals surface area contributed by atoms with Gasteiger partial charge in [0.2, 0.25) is 17.7 Å². The monoisotopic (exact) mass is 276 g/mol. The van der Waals surface area contributed by atoms with Crippen LogP contribution in [0.2, 0.25) is 0 Å². The molecule has 0 aliphatic carbocycles. The van der Waals surface area contributed by atoms with Crippen LogP contribution < -0.4 is 10.1 Å². The molecule has 0 aliphatic heterocycles. The number of carbonyl (C=O) groups excluding carboxylic acids is 1. The van der Waals surface area contributed by atoms with Gasteiger partial charge in [0.15, 0.2) is 5.82 Å². The summed E-state index contributed by atoms with van der Waals surface area (Å²) in [4.78, 5) is 19.8. The molecule has 1 N–H and O–H groups in total. The maximum Gasteiger partial charge on any atom is 0.226 e. The van der Waals surface area contributed by atoms with Gasteiger partial charge in [0, 0.05) is 18.9 Å². The van der Waals surface area contributed by atoms with E-state index in [4.69, 9.17) is 9.26 Å². The predicted molar refractivity (Wildman–Crippen MR) is 71.4 cm³/mol. The van der Waals surface area contributed by atoms with Crippen LogP contribution in [-0.2, 0) is 11.2 Å². The molecule has 7 nitrogen and oxygen atoms in total. The molecule has 0 aliphatic rings. The lowest BCUT2D eigenvalue weighted by atomic mass is 10.2. The number of hydrogen-bond donors (Lipinski definition) is 1. The van der Waals surface area contributed by atoms with E-state index in [2.05, 4.69) is 20.4 Å². The molecule has 0 saturated carbocycles. The minimum absolute atomic E-state index is 0.0757. The summed E-state index contributed by atoms with van der Waals surface area (Å²) in [7, 11) is 1.54. The highest BCUT2D eigenvalue weighted by atomic mass is 16.5. The van der Waals surface area contributed by atoms with Gasteiger partial charge in [0.05, 0.1) is 19.0 Å². The van der Waals surface area contributed by atoms with E-state index in [9.17, 15) is 4.79 Å². The second-order valence-corrected chi connectivity index (χ2v) is 4.23. The molecule has 0 saturated heterocycles. The van der Waals surface area contributed by atoms with Gasteiger partial charge < -0.3 is 14.6 Å². The van der Waals surface area contributed by atoms with Crippen molar-refractivity contribution in [3.05, 3.63) is 30.0 Å². The molecule has 0 bridgehead atoms. The molecule has 0 radical (unpaired) electrons. The second-order valence-electron chi connectivity index (χ2n) is 4.23. The summed E-state index contributed by atoms with van der Waals surface area (Å²) in [5.41, 5.74) is 0.643. The van der Waals surface area contributed by atoms with E-state index in [1.807, 2.05) is 0 Å². The van der Waals surface area contributed by atoms with Gasteiger partial charge in [-0.1, -0.05) is 5.16 Å². The molecule has 2 aromatic heterocycles. The summed E-state index contributed by atoms with van der Waals surface area (Å²) in [6, 6.07) is 3.43. The Hall–Kier alpha value is -2.44. The zero-order chi connectivity index (χ0) is 14.4. The first-order valence-corrected chi connectivity index (χ1v) is 6.26. The van der Waals surface area contributed by atoms with Gasteiger partial charge in [0.25, 0.3) is 0 Å². The third-order valence-electron chi connectivity index (χ3n) is 2.59. The maximum atomic E-state index is 11.7. The Morgan fingerprint density at radius 2 is 2.30 bits per heavy atom. The van der Waals surface area contributed by atoms with Gasteiger partial charge >= 0.3 is 0 Å². The molecule has 20 heavy (non-hydrogen) atoms. The normalized spacial score (nSPS) is 10.3. The number of methoxy groups -OCH3 is 1. The van der Waals surface area contributed by atoms with Crippen molar-refractivity contribution in [1.82, 2.24) is 15.1 Å². The average Bonchev–Trinajstić information content (AvgIpc) is 2.85. The van der Waals surface area contributed by atoms with Gasteiger partial charge in [-0.2, -0.15) is 4.98 Å². The van der Waals surface area contributed by atoms with E-state index >= 15 is 0 Å². The van der Waals surface area contributed by atoms with E-state index in [-0.39, 0.29) is 5.91 Å². The van der Waals surface area contributed by atoms with Crippen molar-refractivity contribution >= 4 is 11.6 Å². The molecule has 0 aromatic carbocycles. The molecule has 0 spiro atoms. The van der Waals surface area contributed by atoms with Crippen LogP contribution in [0.3, 0.4) is 0 Å². The van der Waals surface area contributed by atoms with Crippen LogP contribution in [0.4, 0.5) is 5.69 Å². The molecule has 2 heterocycles. The minimum Gasteiger partial charge on any atom is -0.481 e. The van der Waals surface area contributed by atoms with Gasteiger partial charge in [-0.05, 0) is 19.4 Å². The van der Waals surface area contributed by atoms with Crippen LogP contribution in [0.25, 0.3) is 0 Å². The van der Waals surface area contributed by atoms with Crippen LogP contribution in [0, 0.1) is 6.92 Å². The summed E-state index contributed by atoms with van der Waals surface area (Å²) in [5, 5.41) is 6.45. The van der Waals surface area contributed by atoms with Crippen LogP contribution in [0.15, 0.2) is 22.9 Å². The summed E-state index contributed by atoms with van der Waals surface area (Å²) >= 11 is 0. The van der Waals surface area contributed by atoms with Crippen molar-refractivity contribution in [2.45, 2.75) is 26.2 Å². The fourth-order valence-electron chi connectivity index (χ4n) is 1.64. The Kier molecular flexibility index (Phi) is 4.65. The van der Waals surface area contributed by atoms with Crippen LogP contribution >= 0.6 is 0 Å². The highest BCUT2D eigenvalue weighted by Gasteiger charge is 2.06. The first-order valence-electron chi connectivity index (χ1n) is 6.26. The number of pyridine rings is 1. The Morgan fingerprint density at radius 1 is 1.45 bits per heavy atom. The highest BCUT2D eigenvalue weighted by molar-refractivity contribution is 5.90. The number of carbonyl (C=O) groups is 1. The third kappa shape index (κ3) is 4.04. The second kappa shape index (κ2) is 6.65. The van der Waals surface area contributed by atoms with Crippen molar-refractivity contribution in [3.8, 4) is 5.88 Å². The van der Waals surface area contributed by atoms with Crippen LogP contribution in [-0.4, -0.2) is 28.1 Å². The first kappa shape index (κ1) is 14.0. The Labute approximate surface area is 116 Å². The molecule has 2 rings (SSSR count).